The summed E-state index contributed by atoms with van der Waals surface area (Å²) in [6.45, 7) is 8.36. The van der Waals surface area contributed by atoms with Gasteiger partial charge in [-0.3, -0.25) is 0 Å². The van der Waals surface area contributed by atoms with Crippen molar-refractivity contribution in [2.75, 3.05) is 0 Å². The van der Waals surface area contributed by atoms with E-state index in [0.29, 0.717) is 0 Å². The summed E-state index contributed by atoms with van der Waals surface area (Å²) in [6.07, 6.45) is 1.46. The maximum absolute atomic E-state index is 7.32. The highest BCUT2D eigenvalue weighted by molar-refractivity contribution is 5.62. The molecule has 1 fully saturated rings. The summed E-state index contributed by atoms with van der Waals surface area (Å²) in [5.74, 6) is 0.132. The van der Waals surface area contributed by atoms with Crippen molar-refractivity contribution < 1.29 is 0 Å². The molecule has 1 heterocycles. The predicted octanol–water partition coefficient (Wildman–Crippen LogP) is 0.740. The largest absolute Gasteiger partial charge is 0.326 e. The van der Waals surface area contributed by atoms with Gasteiger partial charge in [0.1, 0.15) is 0 Å². The van der Waals surface area contributed by atoms with Crippen LogP contribution in [-0.4, -0.2) is 23.3 Å². The molecule has 0 saturated carbocycles. The Labute approximate surface area is 74.2 Å². The first-order chi connectivity index (χ1) is 5.31. The van der Waals surface area contributed by atoms with Crippen molar-refractivity contribution in [3.63, 3.8) is 0 Å². The van der Waals surface area contributed by atoms with Gasteiger partial charge in [-0.25, -0.2) is 0 Å². The first kappa shape index (κ1) is 9.68. The van der Waals surface area contributed by atoms with Crippen LogP contribution in [0.3, 0.4) is 0 Å². The van der Waals surface area contributed by atoms with Crippen LogP contribution >= 0.6 is 0 Å². The van der Waals surface area contributed by atoms with Gasteiger partial charge in [-0.05, 0) is 27.7 Å². The van der Waals surface area contributed by atoms with E-state index in [2.05, 4.69) is 33.0 Å². The van der Waals surface area contributed by atoms with E-state index in [4.69, 9.17) is 11.1 Å². The second kappa shape index (κ2) is 2.54. The maximum atomic E-state index is 7.32. The molecule has 70 valence electrons. The first-order valence-electron chi connectivity index (χ1n) is 4.37. The highest BCUT2D eigenvalue weighted by Gasteiger charge is 2.49. The molecule has 0 spiro atoms. The number of nitrogens with two attached hydrogens (primary N) is 1. The Morgan fingerprint density at radius 1 is 1.25 bits per heavy atom. The fraction of sp³-hybridized carbons (Fsp3) is 0.889. The molecule has 0 aliphatic carbocycles. The molecule has 0 bridgehead atoms. The van der Waals surface area contributed by atoms with Crippen LogP contribution in [-0.2, 0) is 0 Å². The number of rotatable bonds is 1. The van der Waals surface area contributed by atoms with Gasteiger partial charge in [-0.2, -0.15) is 0 Å². The van der Waals surface area contributed by atoms with E-state index >= 15 is 0 Å². The Kier molecular flexibility index (Phi) is 2.05. The molecule has 2 unspecified atom stereocenters. The van der Waals surface area contributed by atoms with E-state index in [1.807, 2.05) is 0 Å². The molecule has 0 aromatic heterocycles. The number of nitrogens with one attached hydrogen (secondary N) is 2. The average molecular weight is 169 g/mol. The summed E-state index contributed by atoms with van der Waals surface area (Å²) >= 11 is 0. The minimum atomic E-state index is -0.0638. The van der Waals surface area contributed by atoms with E-state index in [9.17, 15) is 0 Å². The van der Waals surface area contributed by atoms with Crippen LogP contribution in [0, 0.1) is 11.3 Å². The van der Waals surface area contributed by atoms with Crippen molar-refractivity contribution in [3.05, 3.63) is 0 Å². The average Bonchev–Trinajstić information content (AvgIpc) is 1.98. The summed E-state index contributed by atoms with van der Waals surface area (Å²) in [7, 11) is 0. The second-order valence-electron chi connectivity index (χ2n) is 4.79. The molecular formula is C9H19N3. The van der Waals surface area contributed by atoms with E-state index in [-0.39, 0.29) is 23.0 Å². The van der Waals surface area contributed by atoms with Crippen molar-refractivity contribution in [3.8, 4) is 0 Å². The highest BCUT2D eigenvalue weighted by Crippen LogP contribution is 2.33. The number of hydrogen-bond donors (Lipinski definition) is 3. The minimum Gasteiger partial charge on any atom is -0.326 e. The van der Waals surface area contributed by atoms with Gasteiger partial charge >= 0.3 is 0 Å². The van der Waals surface area contributed by atoms with Crippen molar-refractivity contribution in [1.29, 1.82) is 5.41 Å². The first-order valence-corrected chi connectivity index (χ1v) is 4.37. The third-order valence-corrected chi connectivity index (χ3v) is 2.88. The van der Waals surface area contributed by atoms with Gasteiger partial charge < -0.3 is 16.5 Å². The summed E-state index contributed by atoms with van der Waals surface area (Å²) in [6, 6.07) is 0.0324. The smallest absolute Gasteiger partial charge is 0.0314 e. The molecule has 1 aliphatic rings. The van der Waals surface area contributed by atoms with Crippen LogP contribution < -0.4 is 11.1 Å². The Morgan fingerprint density at radius 2 is 1.75 bits per heavy atom. The molecule has 0 aromatic carbocycles. The van der Waals surface area contributed by atoms with Gasteiger partial charge in [0, 0.05) is 29.3 Å². The van der Waals surface area contributed by atoms with Crippen molar-refractivity contribution in [1.82, 2.24) is 5.32 Å². The van der Waals surface area contributed by atoms with Crippen molar-refractivity contribution in [2.45, 2.75) is 44.8 Å². The topological polar surface area (TPSA) is 61.9 Å². The van der Waals surface area contributed by atoms with Crippen LogP contribution in [0.5, 0.6) is 0 Å². The lowest BCUT2D eigenvalue weighted by Gasteiger charge is -2.26. The van der Waals surface area contributed by atoms with E-state index in [1.165, 1.54) is 6.21 Å². The van der Waals surface area contributed by atoms with Crippen LogP contribution in [0.4, 0.5) is 0 Å². The highest BCUT2D eigenvalue weighted by atomic mass is 15.1. The monoisotopic (exact) mass is 169 g/mol. The summed E-state index contributed by atoms with van der Waals surface area (Å²) in [4.78, 5) is 0. The summed E-state index contributed by atoms with van der Waals surface area (Å²) in [5, 5.41) is 10.8. The van der Waals surface area contributed by atoms with Gasteiger partial charge in [0.25, 0.3) is 0 Å². The molecule has 4 N–H and O–H groups in total. The molecule has 0 aromatic rings. The number of hydrogen-bond acceptors (Lipinski definition) is 3. The fourth-order valence-electron chi connectivity index (χ4n) is 2.21. The van der Waals surface area contributed by atoms with Gasteiger partial charge in [-0.15, -0.1) is 0 Å². The molecule has 1 saturated heterocycles. The van der Waals surface area contributed by atoms with Crippen LogP contribution in [0.15, 0.2) is 0 Å². The third kappa shape index (κ3) is 1.27. The zero-order valence-corrected chi connectivity index (χ0v) is 8.31. The van der Waals surface area contributed by atoms with Gasteiger partial charge in [0.05, 0.1) is 0 Å². The van der Waals surface area contributed by atoms with E-state index in [0.717, 1.165) is 0 Å². The van der Waals surface area contributed by atoms with Crippen LogP contribution in [0.1, 0.15) is 27.7 Å². The molecule has 1 aliphatic heterocycles. The lowest BCUT2D eigenvalue weighted by atomic mass is 9.84. The van der Waals surface area contributed by atoms with Crippen molar-refractivity contribution in [2.24, 2.45) is 11.7 Å². The third-order valence-electron chi connectivity index (χ3n) is 2.88. The Balaban J connectivity index is 2.95. The van der Waals surface area contributed by atoms with Gasteiger partial charge in [0.15, 0.2) is 0 Å². The lowest BCUT2D eigenvalue weighted by molar-refractivity contribution is 0.354. The minimum absolute atomic E-state index is 0.0324. The van der Waals surface area contributed by atoms with Gasteiger partial charge in [-0.1, -0.05) is 0 Å². The fourth-order valence-corrected chi connectivity index (χ4v) is 2.21. The molecule has 1 rings (SSSR count). The standard InChI is InChI=1S/C9H19N3/c1-8(2)6(5-10)7(11)9(3,4)12-8/h5-7,10,12H,11H2,1-4H3. The lowest BCUT2D eigenvalue weighted by Crippen LogP contribution is -2.49. The Bertz CT molecular complexity index is 196. The van der Waals surface area contributed by atoms with Crippen LogP contribution in [0.25, 0.3) is 0 Å². The molecule has 2 atom stereocenters. The molecule has 3 nitrogen and oxygen atoms in total. The zero-order valence-electron chi connectivity index (χ0n) is 8.31. The zero-order chi connectivity index (χ0) is 9.57. The Hall–Kier alpha value is -0.410. The van der Waals surface area contributed by atoms with E-state index < -0.39 is 0 Å². The van der Waals surface area contributed by atoms with Gasteiger partial charge in [0.2, 0.25) is 0 Å². The SMILES string of the molecule is CC1(C)NC(C)(C)C(C=N)C1N. The van der Waals surface area contributed by atoms with E-state index in [1.54, 1.807) is 0 Å². The van der Waals surface area contributed by atoms with Crippen LogP contribution in [0.2, 0.25) is 0 Å². The quantitative estimate of drug-likeness (QED) is 0.507. The second-order valence-corrected chi connectivity index (χ2v) is 4.79. The molecule has 12 heavy (non-hydrogen) atoms. The summed E-state index contributed by atoms with van der Waals surface area (Å²) < 4.78 is 0. The predicted molar refractivity (Wildman–Crippen MR) is 51.5 cm³/mol. The molecule has 3 heteroatoms. The molecule has 0 radical (unpaired) electrons. The summed E-state index contributed by atoms with van der Waals surface area (Å²) in [5.41, 5.74) is 5.91. The molecule has 0 amide bonds. The maximum Gasteiger partial charge on any atom is 0.0314 e. The normalized spacial score (nSPS) is 38.1. The molecular weight excluding hydrogens is 150 g/mol. The van der Waals surface area contributed by atoms with Crippen molar-refractivity contribution >= 4 is 6.21 Å². The Morgan fingerprint density at radius 3 is 1.92 bits per heavy atom.